The molecule has 2 aromatic carbocycles. The van der Waals surface area contributed by atoms with Crippen molar-refractivity contribution in [3.8, 4) is 11.8 Å². The Kier molecular flexibility index (Phi) is 6.79. The molecule has 0 aliphatic heterocycles. The summed E-state index contributed by atoms with van der Waals surface area (Å²) in [6.07, 6.45) is 0. The first-order valence-corrected chi connectivity index (χ1v) is 8.29. The fraction of sp³-hybridized carbons (Fsp3) is 0.238. The molecule has 2 aromatic rings. The molecular weight excluding hydrogens is 312 g/mol. The third-order valence-corrected chi connectivity index (χ3v) is 3.51. The molecule has 0 saturated carbocycles. The lowest BCUT2D eigenvalue weighted by Crippen LogP contribution is -2.36. The molecule has 0 fully saturated rings. The van der Waals surface area contributed by atoms with Gasteiger partial charge in [-0.3, -0.25) is 9.59 Å². The minimum atomic E-state index is -0.165. The van der Waals surface area contributed by atoms with Crippen LogP contribution in [0, 0.1) is 17.8 Å². The number of rotatable bonds is 5. The average Bonchev–Trinajstić information content (AvgIpc) is 2.64. The predicted octanol–water partition coefficient (Wildman–Crippen LogP) is 2.59. The van der Waals surface area contributed by atoms with Gasteiger partial charge in [-0.25, -0.2) is 0 Å². The van der Waals surface area contributed by atoms with E-state index in [4.69, 9.17) is 0 Å². The van der Waals surface area contributed by atoms with E-state index in [0.29, 0.717) is 18.7 Å². The maximum Gasteiger partial charge on any atom is 0.251 e. The van der Waals surface area contributed by atoms with Gasteiger partial charge in [-0.15, -0.1) is 0 Å². The highest BCUT2D eigenvalue weighted by molar-refractivity contribution is 5.94. The van der Waals surface area contributed by atoms with Gasteiger partial charge < -0.3 is 10.6 Å². The van der Waals surface area contributed by atoms with Gasteiger partial charge in [-0.05, 0) is 36.4 Å². The molecule has 2 rings (SSSR count). The third kappa shape index (κ3) is 6.15. The maximum atomic E-state index is 12.1. The number of carbonyl (C=O) groups is 2. The lowest BCUT2D eigenvalue weighted by atomic mass is 10.1. The summed E-state index contributed by atoms with van der Waals surface area (Å²) in [5.41, 5.74) is 2.37. The van der Waals surface area contributed by atoms with Crippen LogP contribution in [0.2, 0.25) is 0 Å². The molecule has 0 spiro atoms. The van der Waals surface area contributed by atoms with Gasteiger partial charge in [0.15, 0.2) is 0 Å². The van der Waals surface area contributed by atoms with Crippen molar-refractivity contribution in [1.29, 1.82) is 0 Å². The molecule has 0 atom stereocenters. The number of amides is 2. The molecule has 0 aliphatic carbocycles. The summed E-state index contributed by atoms with van der Waals surface area (Å²) in [6, 6.07) is 16.9. The summed E-state index contributed by atoms with van der Waals surface area (Å²) in [5, 5.41) is 5.54. The van der Waals surface area contributed by atoms with Crippen molar-refractivity contribution in [2.24, 2.45) is 5.92 Å². The zero-order chi connectivity index (χ0) is 18.1. The maximum absolute atomic E-state index is 12.1. The van der Waals surface area contributed by atoms with Gasteiger partial charge in [-0.1, -0.05) is 43.9 Å². The topological polar surface area (TPSA) is 58.2 Å². The SMILES string of the molecule is CC(C)C(=O)NCCNC(=O)c1ccc(C#Cc2ccccc2)cc1. The lowest BCUT2D eigenvalue weighted by Gasteiger charge is -2.08. The van der Waals surface area contributed by atoms with E-state index in [1.807, 2.05) is 56.3 Å². The van der Waals surface area contributed by atoms with Crippen LogP contribution in [-0.2, 0) is 4.79 Å². The minimum absolute atomic E-state index is 0.0180. The Balaban J connectivity index is 1.84. The number of nitrogens with one attached hydrogen (secondary N) is 2. The van der Waals surface area contributed by atoms with Crippen LogP contribution >= 0.6 is 0 Å². The van der Waals surface area contributed by atoms with Crippen molar-refractivity contribution in [1.82, 2.24) is 10.6 Å². The van der Waals surface area contributed by atoms with Crippen molar-refractivity contribution in [3.63, 3.8) is 0 Å². The molecule has 0 heterocycles. The zero-order valence-electron chi connectivity index (χ0n) is 14.5. The highest BCUT2D eigenvalue weighted by atomic mass is 16.2. The largest absolute Gasteiger partial charge is 0.354 e. The molecule has 128 valence electrons. The van der Waals surface area contributed by atoms with Crippen molar-refractivity contribution in [2.45, 2.75) is 13.8 Å². The molecule has 0 aromatic heterocycles. The molecule has 2 N–H and O–H groups in total. The molecule has 2 amide bonds. The van der Waals surface area contributed by atoms with Crippen LogP contribution in [0.4, 0.5) is 0 Å². The van der Waals surface area contributed by atoms with Gasteiger partial charge in [0.1, 0.15) is 0 Å². The van der Waals surface area contributed by atoms with Crippen LogP contribution in [0.1, 0.15) is 35.3 Å². The Morgan fingerprint density at radius 2 is 1.40 bits per heavy atom. The first kappa shape index (κ1) is 18.3. The van der Waals surface area contributed by atoms with E-state index < -0.39 is 0 Å². The Hall–Kier alpha value is -3.06. The zero-order valence-corrected chi connectivity index (χ0v) is 14.5. The third-order valence-electron chi connectivity index (χ3n) is 3.51. The summed E-state index contributed by atoms with van der Waals surface area (Å²) in [4.78, 5) is 23.5. The summed E-state index contributed by atoms with van der Waals surface area (Å²) < 4.78 is 0. The molecule has 25 heavy (non-hydrogen) atoms. The highest BCUT2D eigenvalue weighted by Crippen LogP contribution is 2.04. The van der Waals surface area contributed by atoms with E-state index in [0.717, 1.165) is 11.1 Å². The van der Waals surface area contributed by atoms with Gasteiger partial charge in [-0.2, -0.15) is 0 Å². The number of hydrogen-bond donors (Lipinski definition) is 2. The quantitative estimate of drug-likeness (QED) is 0.652. The predicted molar refractivity (Wildman–Crippen MR) is 99.0 cm³/mol. The van der Waals surface area contributed by atoms with E-state index in [2.05, 4.69) is 22.5 Å². The van der Waals surface area contributed by atoms with Crippen molar-refractivity contribution >= 4 is 11.8 Å². The molecule has 0 aliphatic rings. The first-order chi connectivity index (χ1) is 12.1. The van der Waals surface area contributed by atoms with Crippen LogP contribution in [0.5, 0.6) is 0 Å². The van der Waals surface area contributed by atoms with Crippen LogP contribution in [0.25, 0.3) is 0 Å². The Morgan fingerprint density at radius 3 is 2.00 bits per heavy atom. The first-order valence-electron chi connectivity index (χ1n) is 8.29. The van der Waals surface area contributed by atoms with Crippen molar-refractivity contribution in [2.75, 3.05) is 13.1 Å². The van der Waals surface area contributed by atoms with Gasteiger partial charge in [0.25, 0.3) is 5.91 Å². The number of hydrogen-bond acceptors (Lipinski definition) is 2. The molecule has 0 saturated heterocycles. The van der Waals surface area contributed by atoms with E-state index in [1.165, 1.54) is 0 Å². The molecule has 4 nitrogen and oxygen atoms in total. The molecule has 0 unspecified atom stereocenters. The Morgan fingerprint density at radius 1 is 0.840 bits per heavy atom. The van der Waals surface area contributed by atoms with Gasteiger partial charge >= 0.3 is 0 Å². The number of carbonyl (C=O) groups excluding carboxylic acids is 2. The standard InChI is InChI=1S/C21H22N2O2/c1-16(2)20(24)22-14-15-23-21(25)19-12-10-18(11-13-19)9-8-17-6-4-3-5-7-17/h3-7,10-13,16H,14-15H2,1-2H3,(H,22,24)(H,23,25). The second kappa shape index (κ2) is 9.29. The van der Waals surface area contributed by atoms with E-state index >= 15 is 0 Å². The van der Waals surface area contributed by atoms with E-state index in [1.54, 1.807) is 12.1 Å². The summed E-state index contributed by atoms with van der Waals surface area (Å²) in [7, 11) is 0. The van der Waals surface area contributed by atoms with Crippen molar-refractivity contribution in [3.05, 3.63) is 71.3 Å². The molecule has 4 heteroatoms. The summed E-state index contributed by atoms with van der Waals surface area (Å²) >= 11 is 0. The Labute approximate surface area is 148 Å². The van der Waals surface area contributed by atoms with Crippen LogP contribution in [0.15, 0.2) is 54.6 Å². The van der Waals surface area contributed by atoms with Gasteiger partial charge in [0, 0.05) is 35.7 Å². The summed E-state index contributed by atoms with van der Waals surface area (Å²) in [5.74, 6) is 5.91. The van der Waals surface area contributed by atoms with Crippen LogP contribution < -0.4 is 10.6 Å². The second-order valence-electron chi connectivity index (χ2n) is 5.90. The number of benzene rings is 2. The summed E-state index contributed by atoms with van der Waals surface area (Å²) in [6.45, 7) is 4.47. The van der Waals surface area contributed by atoms with E-state index in [9.17, 15) is 9.59 Å². The van der Waals surface area contributed by atoms with Gasteiger partial charge in [0.05, 0.1) is 0 Å². The fourth-order valence-corrected chi connectivity index (χ4v) is 2.04. The second-order valence-corrected chi connectivity index (χ2v) is 5.90. The normalized spacial score (nSPS) is 9.88. The van der Waals surface area contributed by atoms with Crippen LogP contribution in [-0.4, -0.2) is 24.9 Å². The monoisotopic (exact) mass is 334 g/mol. The average molecular weight is 334 g/mol. The molecule has 0 bridgehead atoms. The van der Waals surface area contributed by atoms with Crippen LogP contribution in [0.3, 0.4) is 0 Å². The van der Waals surface area contributed by atoms with Gasteiger partial charge in [0.2, 0.25) is 5.91 Å². The van der Waals surface area contributed by atoms with Crippen molar-refractivity contribution < 1.29 is 9.59 Å². The minimum Gasteiger partial charge on any atom is -0.354 e. The smallest absolute Gasteiger partial charge is 0.251 e. The highest BCUT2D eigenvalue weighted by Gasteiger charge is 2.07. The fourth-order valence-electron chi connectivity index (χ4n) is 2.04. The lowest BCUT2D eigenvalue weighted by molar-refractivity contribution is -0.123. The molecular formula is C21H22N2O2. The van der Waals surface area contributed by atoms with E-state index in [-0.39, 0.29) is 17.7 Å². The molecule has 0 radical (unpaired) electrons. The Bertz CT molecular complexity index is 769.